The highest BCUT2D eigenvalue weighted by atomic mass is 79.9. The molecule has 1 aromatic rings. The van der Waals surface area contributed by atoms with Crippen molar-refractivity contribution in [1.29, 1.82) is 0 Å². The van der Waals surface area contributed by atoms with Crippen LogP contribution in [0.4, 0.5) is 10.5 Å². The molecule has 1 rings (SSSR count). The molecule has 3 amide bonds. The Morgan fingerprint density at radius 2 is 1.96 bits per heavy atom. The molecule has 126 valence electrons. The number of carboxylic acid groups (broad SMARTS) is 1. The lowest BCUT2D eigenvalue weighted by atomic mass is 10.2. The number of aryl methyl sites for hydroxylation is 1. The van der Waals surface area contributed by atoms with Gasteiger partial charge in [0.15, 0.2) is 0 Å². The molecule has 0 aliphatic carbocycles. The third kappa shape index (κ3) is 7.14. The third-order valence-corrected chi connectivity index (χ3v) is 3.60. The molecule has 0 saturated carbocycles. The Bertz CT molecular complexity index is 592. The summed E-state index contributed by atoms with van der Waals surface area (Å²) in [6.45, 7) is 2.18. The second-order valence-electron chi connectivity index (χ2n) is 5.05. The van der Waals surface area contributed by atoms with Crippen molar-refractivity contribution in [3.05, 3.63) is 28.2 Å². The van der Waals surface area contributed by atoms with Gasteiger partial charge in [-0.15, -0.1) is 0 Å². The molecule has 8 heteroatoms. The van der Waals surface area contributed by atoms with Crippen molar-refractivity contribution in [3.8, 4) is 0 Å². The predicted molar refractivity (Wildman–Crippen MR) is 90.4 cm³/mol. The maximum absolute atomic E-state index is 11.9. The number of amides is 3. The number of nitrogens with one attached hydrogen (secondary N) is 2. The normalized spacial score (nSPS) is 10.0. The van der Waals surface area contributed by atoms with Crippen LogP contribution in [0.3, 0.4) is 0 Å². The molecule has 0 atom stereocenters. The number of benzene rings is 1. The van der Waals surface area contributed by atoms with E-state index in [1.54, 1.807) is 0 Å². The summed E-state index contributed by atoms with van der Waals surface area (Å²) in [7, 11) is 1.50. The van der Waals surface area contributed by atoms with Crippen LogP contribution in [0.5, 0.6) is 0 Å². The van der Waals surface area contributed by atoms with Crippen LogP contribution in [0.2, 0.25) is 0 Å². The second-order valence-corrected chi connectivity index (χ2v) is 5.97. The number of rotatable bonds is 7. The summed E-state index contributed by atoms with van der Waals surface area (Å²) < 4.78 is 0.867. The molecule has 0 bridgehead atoms. The first-order chi connectivity index (χ1) is 10.8. The Balaban J connectivity index is 2.35. The van der Waals surface area contributed by atoms with E-state index in [0.29, 0.717) is 5.69 Å². The van der Waals surface area contributed by atoms with Gasteiger partial charge in [0, 0.05) is 36.7 Å². The second kappa shape index (κ2) is 9.14. The smallest absolute Gasteiger partial charge is 0.317 e. The highest BCUT2D eigenvalue weighted by Gasteiger charge is 2.11. The van der Waals surface area contributed by atoms with Gasteiger partial charge < -0.3 is 20.6 Å². The van der Waals surface area contributed by atoms with E-state index < -0.39 is 12.0 Å². The van der Waals surface area contributed by atoms with Gasteiger partial charge in [-0.25, -0.2) is 4.79 Å². The van der Waals surface area contributed by atoms with Gasteiger partial charge in [-0.3, -0.25) is 9.59 Å². The minimum atomic E-state index is -0.964. The van der Waals surface area contributed by atoms with Crippen LogP contribution in [0.15, 0.2) is 22.7 Å². The van der Waals surface area contributed by atoms with Crippen LogP contribution < -0.4 is 10.6 Å². The molecule has 0 aromatic heterocycles. The number of carbonyl (C=O) groups excluding carboxylic acids is 2. The Labute approximate surface area is 143 Å². The minimum Gasteiger partial charge on any atom is -0.481 e. The first-order valence-electron chi connectivity index (χ1n) is 7.06. The summed E-state index contributed by atoms with van der Waals surface area (Å²) in [6, 6.07) is 5.18. The van der Waals surface area contributed by atoms with E-state index in [9.17, 15) is 14.4 Å². The molecular weight excluding hydrogens is 366 g/mol. The van der Waals surface area contributed by atoms with Gasteiger partial charge in [-0.05, 0) is 24.6 Å². The van der Waals surface area contributed by atoms with Crippen molar-refractivity contribution < 1.29 is 19.5 Å². The quantitative estimate of drug-likeness (QED) is 0.669. The van der Waals surface area contributed by atoms with E-state index in [1.165, 1.54) is 11.9 Å². The fourth-order valence-corrected chi connectivity index (χ4v) is 2.09. The number of carboxylic acids is 1. The average Bonchev–Trinajstić information content (AvgIpc) is 2.48. The summed E-state index contributed by atoms with van der Waals surface area (Å²) >= 11 is 3.34. The zero-order chi connectivity index (χ0) is 17.4. The molecule has 0 saturated heterocycles. The van der Waals surface area contributed by atoms with Crippen molar-refractivity contribution in [2.45, 2.75) is 19.8 Å². The van der Waals surface area contributed by atoms with Crippen molar-refractivity contribution in [2.24, 2.45) is 0 Å². The molecule has 0 spiro atoms. The van der Waals surface area contributed by atoms with Crippen molar-refractivity contribution in [3.63, 3.8) is 0 Å². The molecule has 23 heavy (non-hydrogen) atoms. The summed E-state index contributed by atoms with van der Waals surface area (Å²) in [4.78, 5) is 35.3. The van der Waals surface area contributed by atoms with Crippen molar-refractivity contribution in [2.75, 3.05) is 25.5 Å². The van der Waals surface area contributed by atoms with E-state index in [1.807, 2.05) is 25.1 Å². The molecule has 0 radical (unpaired) electrons. The molecule has 3 N–H and O–H groups in total. The Morgan fingerprint density at radius 1 is 1.26 bits per heavy atom. The van der Waals surface area contributed by atoms with E-state index in [0.717, 1.165) is 10.0 Å². The first kappa shape index (κ1) is 19.0. The number of hydrogen-bond donors (Lipinski definition) is 3. The van der Waals surface area contributed by atoms with E-state index in [4.69, 9.17) is 5.11 Å². The van der Waals surface area contributed by atoms with Crippen LogP contribution in [-0.4, -0.2) is 48.1 Å². The van der Waals surface area contributed by atoms with Crippen LogP contribution in [0.1, 0.15) is 18.4 Å². The number of halogens is 1. The third-order valence-electron chi connectivity index (χ3n) is 3.11. The lowest BCUT2D eigenvalue weighted by Crippen LogP contribution is -2.39. The Hall–Kier alpha value is -2.09. The minimum absolute atomic E-state index is 0.116. The predicted octanol–water partition coefficient (Wildman–Crippen LogP) is 2.20. The van der Waals surface area contributed by atoms with Crippen LogP contribution in [0, 0.1) is 6.92 Å². The number of aliphatic carboxylic acids is 1. The lowest BCUT2D eigenvalue weighted by Gasteiger charge is -2.16. The highest BCUT2D eigenvalue weighted by Crippen LogP contribution is 2.20. The van der Waals surface area contributed by atoms with Crippen molar-refractivity contribution >= 4 is 39.5 Å². The van der Waals surface area contributed by atoms with Crippen LogP contribution >= 0.6 is 15.9 Å². The monoisotopic (exact) mass is 385 g/mol. The van der Waals surface area contributed by atoms with Gasteiger partial charge in [0.1, 0.15) is 0 Å². The molecule has 0 unspecified atom stereocenters. The summed E-state index contributed by atoms with van der Waals surface area (Å²) in [5, 5.41) is 13.9. The average molecular weight is 386 g/mol. The first-order valence-corrected chi connectivity index (χ1v) is 7.85. The SMILES string of the molecule is Cc1ccc(Br)cc1NC(=O)CCNC(=O)N(C)CCC(=O)O. The molecule has 0 aliphatic heterocycles. The zero-order valence-electron chi connectivity index (χ0n) is 13.1. The van der Waals surface area contributed by atoms with Crippen LogP contribution in [0.25, 0.3) is 0 Å². The van der Waals surface area contributed by atoms with E-state index in [-0.39, 0.29) is 31.8 Å². The maximum atomic E-state index is 11.9. The van der Waals surface area contributed by atoms with Gasteiger partial charge in [-0.2, -0.15) is 0 Å². The molecule has 7 nitrogen and oxygen atoms in total. The molecule has 0 heterocycles. The fourth-order valence-electron chi connectivity index (χ4n) is 1.72. The largest absolute Gasteiger partial charge is 0.481 e. The molecule has 1 aromatic carbocycles. The number of nitrogens with zero attached hydrogens (tertiary/aromatic N) is 1. The van der Waals surface area contributed by atoms with Crippen LogP contribution in [-0.2, 0) is 9.59 Å². The number of anilines is 1. The number of hydrogen-bond acceptors (Lipinski definition) is 3. The van der Waals surface area contributed by atoms with Gasteiger partial charge in [0.25, 0.3) is 0 Å². The Kier molecular flexibility index (Phi) is 7.53. The van der Waals surface area contributed by atoms with Gasteiger partial charge in [-0.1, -0.05) is 22.0 Å². The zero-order valence-corrected chi connectivity index (χ0v) is 14.6. The van der Waals surface area contributed by atoms with Gasteiger partial charge >= 0.3 is 12.0 Å². The summed E-state index contributed by atoms with van der Waals surface area (Å²) in [5.41, 5.74) is 1.66. The van der Waals surface area contributed by atoms with Crippen molar-refractivity contribution in [1.82, 2.24) is 10.2 Å². The number of carbonyl (C=O) groups is 3. The summed E-state index contributed by atoms with van der Waals surface area (Å²) in [5.74, 6) is -1.17. The molecule has 0 fully saturated rings. The van der Waals surface area contributed by atoms with Gasteiger partial charge in [0.05, 0.1) is 6.42 Å². The standard InChI is InChI=1S/C15H20BrN3O4/c1-10-3-4-11(16)9-12(10)18-13(20)5-7-17-15(23)19(2)8-6-14(21)22/h3-4,9H,5-8H2,1-2H3,(H,17,23)(H,18,20)(H,21,22). The van der Waals surface area contributed by atoms with E-state index in [2.05, 4.69) is 26.6 Å². The molecule has 0 aliphatic rings. The summed E-state index contributed by atoms with van der Waals surface area (Å²) in [6.07, 6.45) is 0.0109. The highest BCUT2D eigenvalue weighted by molar-refractivity contribution is 9.10. The van der Waals surface area contributed by atoms with E-state index >= 15 is 0 Å². The fraction of sp³-hybridized carbons (Fsp3) is 0.400. The topological polar surface area (TPSA) is 98.7 Å². The number of urea groups is 1. The van der Waals surface area contributed by atoms with Gasteiger partial charge in [0.2, 0.25) is 5.91 Å². The Morgan fingerprint density at radius 3 is 2.61 bits per heavy atom. The molecular formula is C15H20BrN3O4. The maximum Gasteiger partial charge on any atom is 0.317 e. The lowest BCUT2D eigenvalue weighted by molar-refractivity contribution is -0.137.